The van der Waals surface area contributed by atoms with Crippen LogP contribution in [0.3, 0.4) is 0 Å². The van der Waals surface area contributed by atoms with E-state index in [-0.39, 0.29) is 11.6 Å². The summed E-state index contributed by atoms with van der Waals surface area (Å²) in [7, 11) is 1.50. The number of amides is 1. The largest absolute Gasteiger partial charge is 0.444 e. The van der Waals surface area contributed by atoms with E-state index in [2.05, 4.69) is 5.32 Å². The first-order valence-electron chi connectivity index (χ1n) is 4.54. The molecular weight excluding hydrogens is 216 g/mol. The lowest BCUT2D eigenvalue weighted by molar-refractivity contribution is 0.0494. The van der Waals surface area contributed by atoms with Crippen LogP contribution in [0.25, 0.3) is 0 Å². The highest BCUT2D eigenvalue weighted by atomic mass is 32.1. The fraction of sp³-hybridized carbons (Fsp3) is 0.778. The van der Waals surface area contributed by atoms with E-state index in [4.69, 9.17) is 27.4 Å². The van der Waals surface area contributed by atoms with E-state index < -0.39 is 17.7 Å². The van der Waals surface area contributed by atoms with Crippen LogP contribution in [0, 0.1) is 0 Å². The molecule has 0 aliphatic rings. The van der Waals surface area contributed by atoms with E-state index in [1.807, 2.05) is 0 Å². The molecule has 0 bridgehead atoms. The molecule has 0 aliphatic heterocycles. The van der Waals surface area contributed by atoms with Crippen molar-refractivity contribution in [3.05, 3.63) is 0 Å². The van der Waals surface area contributed by atoms with Crippen molar-refractivity contribution in [1.29, 1.82) is 0 Å². The predicted molar refractivity (Wildman–Crippen MR) is 61.8 cm³/mol. The zero-order chi connectivity index (χ0) is 12.1. The van der Waals surface area contributed by atoms with Crippen LogP contribution in [-0.2, 0) is 9.47 Å². The Balaban J connectivity index is 4.18. The van der Waals surface area contributed by atoms with Crippen LogP contribution in [0.5, 0.6) is 0 Å². The van der Waals surface area contributed by atoms with Gasteiger partial charge >= 0.3 is 6.09 Å². The van der Waals surface area contributed by atoms with Gasteiger partial charge in [0.2, 0.25) is 0 Å². The summed E-state index contributed by atoms with van der Waals surface area (Å²) in [5.74, 6) is 0. The highest BCUT2D eigenvalue weighted by molar-refractivity contribution is 7.80. The maximum atomic E-state index is 11.3. The molecule has 0 aliphatic carbocycles. The maximum Gasteiger partial charge on any atom is 0.408 e. The minimum Gasteiger partial charge on any atom is -0.444 e. The van der Waals surface area contributed by atoms with Crippen molar-refractivity contribution in [1.82, 2.24) is 5.32 Å². The van der Waals surface area contributed by atoms with Crippen LogP contribution in [0.4, 0.5) is 4.79 Å². The quantitative estimate of drug-likeness (QED) is 0.704. The summed E-state index contributed by atoms with van der Waals surface area (Å²) < 4.78 is 9.90. The van der Waals surface area contributed by atoms with Crippen LogP contribution in [0.2, 0.25) is 0 Å². The number of methoxy groups -OCH3 is 1. The normalized spacial score (nSPS) is 13.1. The highest BCUT2D eigenvalue weighted by Crippen LogP contribution is 2.06. The average Bonchev–Trinajstić information content (AvgIpc) is 1.99. The van der Waals surface area contributed by atoms with Gasteiger partial charge in [0.1, 0.15) is 11.6 Å². The molecule has 1 atom stereocenters. The van der Waals surface area contributed by atoms with Crippen molar-refractivity contribution in [3.8, 4) is 0 Å². The number of hydrogen-bond acceptors (Lipinski definition) is 4. The smallest absolute Gasteiger partial charge is 0.408 e. The van der Waals surface area contributed by atoms with Crippen molar-refractivity contribution in [2.24, 2.45) is 5.73 Å². The third kappa shape index (κ3) is 7.10. The van der Waals surface area contributed by atoms with Crippen LogP contribution in [0.15, 0.2) is 0 Å². The SMILES string of the molecule is COC[C@H](NC(=O)OC(C)(C)C)C(N)=S. The van der Waals surface area contributed by atoms with E-state index >= 15 is 0 Å². The molecule has 0 fully saturated rings. The predicted octanol–water partition coefficient (Wildman–Crippen LogP) is 0.812. The topological polar surface area (TPSA) is 73.6 Å². The molecule has 1 amide bonds. The molecule has 0 unspecified atom stereocenters. The van der Waals surface area contributed by atoms with Gasteiger partial charge in [0.25, 0.3) is 0 Å². The van der Waals surface area contributed by atoms with Crippen molar-refractivity contribution in [2.75, 3.05) is 13.7 Å². The fourth-order valence-electron chi connectivity index (χ4n) is 0.811. The lowest BCUT2D eigenvalue weighted by atomic mass is 10.2. The fourth-order valence-corrected chi connectivity index (χ4v) is 0.938. The number of hydrogen-bond donors (Lipinski definition) is 2. The first kappa shape index (κ1) is 14.1. The summed E-state index contributed by atoms with van der Waals surface area (Å²) >= 11 is 4.77. The number of carbonyl (C=O) groups excluding carboxylic acids is 1. The highest BCUT2D eigenvalue weighted by Gasteiger charge is 2.20. The van der Waals surface area contributed by atoms with E-state index in [9.17, 15) is 4.79 Å². The standard InChI is InChI=1S/C9H18N2O3S/c1-9(2,3)14-8(12)11-6(5-13-4)7(10)15/h6H,5H2,1-4H3,(H2,10,15)(H,11,12)/t6-/m0/s1. The van der Waals surface area contributed by atoms with E-state index in [0.717, 1.165) is 0 Å². The maximum absolute atomic E-state index is 11.3. The number of ether oxygens (including phenoxy) is 2. The lowest BCUT2D eigenvalue weighted by Gasteiger charge is -2.22. The molecule has 15 heavy (non-hydrogen) atoms. The molecule has 0 aromatic heterocycles. The number of alkyl carbamates (subject to hydrolysis) is 1. The summed E-state index contributed by atoms with van der Waals surface area (Å²) in [4.78, 5) is 11.5. The molecule has 0 radical (unpaired) electrons. The summed E-state index contributed by atoms with van der Waals surface area (Å²) in [6.45, 7) is 5.56. The summed E-state index contributed by atoms with van der Waals surface area (Å²) in [5.41, 5.74) is 4.87. The van der Waals surface area contributed by atoms with Crippen molar-refractivity contribution in [2.45, 2.75) is 32.4 Å². The molecule has 6 heteroatoms. The van der Waals surface area contributed by atoms with Gasteiger partial charge in [0, 0.05) is 7.11 Å². The van der Waals surface area contributed by atoms with Gasteiger partial charge in [-0.2, -0.15) is 0 Å². The Hall–Kier alpha value is -0.880. The number of carbonyl (C=O) groups is 1. The Morgan fingerprint density at radius 1 is 1.53 bits per heavy atom. The Bertz CT molecular complexity index is 238. The summed E-state index contributed by atoms with van der Waals surface area (Å²) in [5, 5.41) is 2.52. The molecule has 5 nitrogen and oxygen atoms in total. The van der Waals surface area contributed by atoms with E-state index in [0.29, 0.717) is 0 Å². The third-order valence-corrected chi connectivity index (χ3v) is 1.65. The Labute approximate surface area is 95.3 Å². The molecular formula is C9H18N2O3S. The molecule has 3 N–H and O–H groups in total. The van der Waals surface area contributed by atoms with Gasteiger partial charge in [-0.3, -0.25) is 0 Å². The second kappa shape index (κ2) is 5.87. The Morgan fingerprint density at radius 3 is 2.40 bits per heavy atom. The molecule has 0 aromatic rings. The number of rotatable bonds is 4. The van der Waals surface area contributed by atoms with Crippen LogP contribution in [-0.4, -0.2) is 36.4 Å². The second-order valence-corrected chi connectivity index (χ2v) is 4.53. The molecule has 0 saturated carbocycles. The van der Waals surface area contributed by atoms with Gasteiger partial charge in [0.15, 0.2) is 0 Å². The number of thiocarbonyl (C=S) groups is 1. The average molecular weight is 234 g/mol. The molecule has 0 spiro atoms. The third-order valence-electron chi connectivity index (χ3n) is 1.37. The summed E-state index contributed by atoms with van der Waals surface area (Å²) in [6.07, 6.45) is -0.558. The van der Waals surface area contributed by atoms with Crippen LogP contribution < -0.4 is 11.1 Å². The Morgan fingerprint density at radius 2 is 2.07 bits per heavy atom. The molecule has 0 saturated heterocycles. The van der Waals surface area contributed by atoms with Gasteiger partial charge < -0.3 is 20.5 Å². The van der Waals surface area contributed by atoms with Gasteiger partial charge in [-0.1, -0.05) is 12.2 Å². The minimum atomic E-state index is -0.558. The molecule has 0 aromatic carbocycles. The van der Waals surface area contributed by atoms with Crippen LogP contribution in [0.1, 0.15) is 20.8 Å². The van der Waals surface area contributed by atoms with Gasteiger partial charge in [-0.05, 0) is 20.8 Å². The first-order valence-corrected chi connectivity index (χ1v) is 4.95. The second-order valence-electron chi connectivity index (χ2n) is 4.06. The van der Waals surface area contributed by atoms with Crippen molar-refractivity contribution < 1.29 is 14.3 Å². The molecule has 88 valence electrons. The zero-order valence-corrected chi connectivity index (χ0v) is 10.3. The minimum absolute atomic E-state index is 0.169. The Kier molecular flexibility index (Phi) is 5.53. The lowest BCUT2D eigenvalue weighted by Crippen LogP contribution is -2.47. The summed E-state index contributed by atoms with van der Waals surface area (Å²) in [6, 6.07) is -0.500. The van der Waals surface area contributed by atoms with E-state index in [1.165, 1.54) is 7.11 Å². The monoisotopic (exact) mass is 234 g/mol. The van der Waals surface area contributed by atoms with Gasteiger partial charge in [-0.25, -0.2) is 4.79 Å². The zero-order valence-electron chi connectivity index (χ0n) is 9.49. The number of nitrogens with two attached hydrogens (primary N) is 1. The molecule has 0 heterocycles. The first-order chi connectivity index (χ1) is 6.76. The van der Waals surface area contributed by atoms with E-state index in [1.54, 1.807) is 20.8 Å². The van der Waals surface area contributed by atoms with Crippen molar-refractivity contribution >= 4 is 23.3 Å². The van der Waals surface area contributed by atoms with Crippen LogP contribution >= 0.6 is 12.2 Å². The van der Waals surface area contributed by atoms with Gasteiger partial charge in [-0.15, -0.1) is 0 Å². The van der Waals surface area contributed by atoms with Crippen molar-refractivity contribution in [3.63, 3.8) is 0 Å². The number of nitrogens with one attached hydrogen (secondary N) is 1. The molecule has 0 rings (SSSR count). The van der Waals surface area contributed by atoms with Gasteiger partial charge in [0.05, 0.1) is 11.6 Å².